The van der Waals surface area contributed by atoms with E-state index in [0.29, 0.717) is 13.3 Å². The fourth-order valence-corrected chi connectivity index (χ4v) is 3.22. The van der Waals surface area contributed by atoms with Crippen LogP contribution in [0.5, 0.6) is 0 Å². The van der Waals surface area contributed by atoms with Gasteiger partial charge in [-0.05, 0) is 36.3 Å². The molecule has 24 heavy (non-hydrogen) atoms. The summed E-state index contributed by atoms with van der Waals surface area (Å²) in [5.41, 5.74) is 1.84. The lowest BCUT2D eigenvalue weighted by atomic mass is 9.93. The number of rotatable bonds is 5. The Labute approximate surface area is 152 Å². The van der Waals surface area contributed by atoms with Gasteiger partial charge < -0.3 is 14.4 Å². The van der Waals surface area contributed by atoms with Crippen LogP contribution in [-0.2, 0) is 15.1 Å². The van der Waals surface area contributed by atoms with Crippen LogP contribution < -0.4 is 0 Å². The second kappa shape index (κ2) is 7.51. The summed E-state index contributed by atoms with van der Waals surface area (Å²) >= 11 is 3.48. The first-order valence-electron chi connectivity index (χ1n) is 8.03. The molecular formula is C20H22BrNO2. The molecule has 0 N–H and O–H groups in total. The number of halogens is 1. The van der Waals surface area contributed by atoms with E-state index in [0.717, 1.165) is 10.0 Å². The van der Waals surface area contributed by atoms with E-state index in [1.807, 2.05) is 18.2 Å². The molecule has 0 spiro atoms. The highest BCUT2D eigenvalue weighted by molar-refractivity contribution is 9.10. The first kappa shape index (κ1) is 17.2. The van der Waals surface area contributed by atoms with Crippen molar-refractivity contribution in [3.8, 4) is 0 Å². The summed E-state index contributed by atoms with van der Waals surface area (Å²) in [6.45, 7) is 3.20. The van der Waals surface area contributed by atoms with Crippen LogP contribution >= 0.6 is 15.9 Å². The van der Waals surface area contributed by atoms with Gasteiger partial charge in [0.25, 0.3) is 0 Å². The maximum Gasteiger partial charge on any atom is 0.138 e. The lowest BCUT2D eigenvalue weighted by molar-refractivity contribution is -0.112. The molecule has 4 heteroatoms. The molecule has 3 rings (SSSR count). The molecule has 1 heterocycles. The van der Waals surface area contributed by atoms with Gasteiger partial charge in [0.1, 0.15) is 12.3 Å². The number of benzene rings is 2. The van der Waals surface area contributed by atoms with Crippen LogP contribution in [0.1, 0.15) is 24.1 Å². The van der Waals surface area contributed by atoms with Gasteiger partial charge in [0, 0.05) is 17.8 Å². The van der Waals surface area contributed by atoms with E-state index < -0.39 is 5.60 Å². The van der Waals surface area contributed by atoms with Crippen LogP contribution in [0.4, 0.5) is 0 Å². The Bertz CT molecular complexity index is 687. The number of hydrogen-bond acceptors (Lipinski definition) is 3. The average molecular weight is 388 g/mol. The summed E-state index contributed by atoms with van der Waals surface area (Å²) in [4.78, 5) is 2.19. The molecule has 0 fully saturated rings. The third-order valence-electron chi connectivity index (χ3n) is 4.48. The maximum absolute atomic E-state index is 6.28. The molecule has 2 aromatic carbocycles. The maximum atomic E-state index is 6.28. The second-order valence-electron chi connectivity index (χ2n) is 6.02. The molecule has 0 aromatic heterocycles. The Hall–Kier alpha value is -1.62. The fourth-order valence-electron chi connectivity index (χ4n) is 2.96. The van der Waals surface area contributed by atoms with E-state index in [1.165, 1.54) is 5.56 Å². The van der Waals surface area contributed by atoms with Crippen LogP contribution in [-0.4, -0.2) is 25.3 Å². The van der Waals surface area contributed by atoms with Crippen molar-refractivity contribution in [3.05, 3.63) is 82.5 Å². The van der Waals surface area contributed by atoms with Gasteiger partial charge in [-0.15, -0.1) is 0 Å². The van der Waals surface area contributed by atoms with Gasteiger partial charge in [-0.2, -0.15) is 0 Å². The largest absolute Gasteiger partial charge is 0.381 e. The second-order valence-corrected chi connectivity index (χ2v) is 6.94. The monoisotopic (exact) mass is 387 g/mol. The van der Waals surface area contributed by atoms with Crippen LogP contribution in [0.3, 0.4) is 0 Å². The first-order chi connectivity index (χ1) is 11.6. The minimum absolute atomic E-state index is 0.241. The highest BCUT2D eigenvalue weighted by Gasteiger charge is 2.34. The molecule has 126 valence electrons. The fraction of sp³-hybridized carbons (Fsp3) is 0.300. The van der Waals surface area contributed by atoms with Gasteiger partial charge in [0.15, 0.2) is 0 Å². The molecule has 0 bridgehead atoms. The van der Waals surface area contributed by atoms with Gasteiger partial charge in [-0.1, -0.05) is 58.4 Å². The van der Waals surface area contributed by atoms with Gasteiger partial charge in [-0.25, -0.2) is 0 Å². The SMILES string of the molecule is COCC1(c2ccccc2)C=CN(C(C)c2ccc(Br)cc2)CO1. The van der Waals surface area contributed by atoms with Crippen LogP contribution in [0.2, 0.25) is 0 Å². The lowest BCUT2D eigenvalue weighted by Crippen LogP contribution is -2.41. The van der Waals surface area contributed by atoms with Gasteiger partial charge in [0.05, 0.1) is 12.6 Å². The highest BCUT2D eigenvalue weighted by Crippen LogP contribution is 2.34. The van der Waals surface area contributed by atoms with Gasteiger partial charge >= 0.3 is 0 Å². The minimum atomic E-state index is -0.522. The number of methoxy groups -OCH3 is 1. The normalized spacial score (nSPS) is 21.7. The summed E-state index contributed by atoms with van der Waals surface area (Å²) < 4.78 is 12.8. The van der Waals surface area contributed by atoms with E-state index in [1.54, 1.807) is 7.11 Å². The Morgan fingerprint density at radius 1 is 1.17 bits per heavy atom. The molecule has 1 aliphatic heterocycles. The van der Waals surface area contributed by atoms with Crippen molar-refractivity contribution >= 4 is 15.9 Å². The van der Waals surface area contributed by atoms with E-state index in [-0.39, 0.29) is 6.04 Å². The molecule has 2 aromatic rings. The van der Waals surface area contributed by atoms with Gasteiger partial charge in [-0.3, -0.25) is 0 Å². The van der Waals surface area contributed by atoms with E-state index in [2.05, 4.69) is 76.4 Å². The predicted molar refractivity (Wildman–Crippen MR) is 99.5 cm³/mol. The highest BCUT2D eigenvalue weighted by atomic mass is 79.9. The van der Waals surface area contributed by atoms with Gasteiger partial charge in [0.2, 0.25) is 0 Å². The van der Waals surface area contributed by atoms with Crippen LogP contribution in [0, 0.1) is 0 Å². The zero-order valence-electron chi connectivity index (χ0n) is 14.0. The molecular weight excluding hydrogens is 366 g/mol. The van der Waals surface area contributed by atoms with Crippen molar-refractivity contribution in [3.63, 3.8) is 0 Å². The van der Waals surface area contributed by atoms with Crippen molar-refractivity contribution in [2.24, 2.45) is 0 Å². The molecule has 1 aliphatic rings. The third kappa shape index (κ3) is 3.56. The summed E-state index contributed by atoms with van der Waals surface area (Å²) in [5, 5.41) is 0. The Morgan fingerprint density at radius 3 is 2.46 bits per heavy atom. The average Bonchev–Trinajstić information content (AvgIpc) is 2.63. The topological polar surface area (TPSA) is 21.7 Å². The molecule has 0 saturated carbocycles. The van der Waals surface area contributed by atoms with Crippen LogP contribution in [0.25, 0.3) is 0 Å². The minimum Gasteiger partial charge on any atom is -0.381 e. The van der Waals surface area contributed by atoms with Crippen molar-refractivity contribution in [2.45, 2.75) is 18.6 Å². The number of hydrogen-bond donors (Lipinski definition) is 0. The zero-order valence-corrected chi connectivity index (χ0v) is 15.6. The molecule has 0 radical (unpaired) electrons. The van der Waals surface area contributed by atoms with E-state index in [4.69, 9.17) is 9.47 Å². The standard InChI is InChI=1S/C20H22BrNO2/c1-16(17-8-10-19(21)11-9-17)22-13-12-20(14-23-2,24-15-22)18-6-4-3-5-7-18/h3-13,16H,14-15H2,1-2H3. The number of ether oxygens (including phenoxy) is 2. The predicted octanol–water partition coefficient (Wildman–Crippen LogP) is 4.86. The van der Waals surface area contributed by atoms with Crippen molar-refractivity contribution < 1.29 is 9.47 Å². The van der Waals surface area contributed by atoms with Crippen molar-refractivity contribution in [1.82, 2.24) is 4.90 Å². The molecule has 0 saturated heterocycles. The lowest BCUT2D eigenvalue weighted by Gasteiger charge is -2.40. The third-order valence-corrected chi connectivity index (χ3v) is 5.01. The molecule has 2 unspecified atom stereocenters. The van der Waals surface area contributed by atoms with Crippen molar-refractivity contribution in [1.29, 1.82) is 0 Å². The Kier molecular flexibility index (Phi) is 5.39. The molecule has 0 aliphatic carbocycles. The Balaban J connectivity index is 1.82. The Morgan fingerprint density at radius 2 is 1.88 bits per heavy atom. The van der Waals surface area contributed by atoms with E-state index in [9.17, 15) is 0 Å². The first-order valence-corrected chi connectivity index (χ1v) is 8.83. The summed E-state index contributed by atoms with van der Waals surface area (Å²) in [7, 11) is 1.71. The molecule has 3 nitrogen and oxygen atoms in total. The summed E-state index contributed by atoms with van der Waals surface area (Å²) in [6, 6.07) is 18.9. The van der Waals surface area contributed by atoms with Crippen molar-refractivity contribution in [2.75, 3.05) is 20.4 Å². The quantitative estimate of drug-likeness (QED) is 0.731. The number of nitrogens with zero attached hydrogens (tertiary/aromatic N) is 1. The summed E-state index contributed by atoms with van der Waals surface area (Å²) in [6.07, 6.45) is 4.23. The summed E-state index contributed by atoms with van der Waals surface area (Å²) in [5.74, 6) is 0. The molecule has 2 atom stereocenters. The zero-order chi connectivity index (χ0) is 17.0. The van der Waals surface area contributed by atoms with Crippen LogP contribution in [0.15, 0.2) is 71.3 Å². The molecule has 0 amide bonds. The van der Waals surface area contributed by atoms with E-state index >= 15 is 0 Å². The smallest absolute Gasteiger partial charge is 0.138 e.